The number of anilines is 1. The summed E-state index contributed by atoms with van der Waals surface area (Å²) in [4.78, 5) is 0. The Bertz CT molecular complexity index is 519. The summed E-state index contributed by atoms with van der Waals surface area (Å²) < 4.78 is 5.45. The molecule has 1 N–H and O–H groups in total. The van der Waals surface area contributed by atoms with E-state index in [-0.39, 0.29) is 0 Å². The highest BCUT2D eigenvalue weighted by atomic mass is 16.5. The van der Waals surface area contributed by atoms with Crippen molar-refractivity contribution >= 4 is 5.88 Å². The average molecular weight is 242 g/mol. The second kappa shape index (κ2) is 4.84. The van der Waals surface area contributed by atoms with Crippen LogP contribution in [0.5, 0.6) is 0 Å². The van der Waals surface area contributed by atoms with Gasteiger partial charge in [0, 0.05) is 18.0 Å². The lowest BCUT2D eigenvalue weighted by atomic mass is 9.83. The Kier molecular flexibility index (Phi) is 3.05. The van der Waals surface area contributed by atoms with E-state index in [1.54, 1.807) is 0 Å². The summed E-state index contributed by atoms with van der Waals surface area (Å²) in [6, 6.07) is 10.6. The number of hydrogen-bond donors (Lipinski definition) is 1. The Labute approximate surface area is 107 Å². The normalized spacial score (nSPS) is 18.4. The largest absolute Gasteiger partial charge is 0.354 e. The molecule has 18 heavy (non-hydrogen) atoms. The Hall–Kier alpha value is -1.77. The molecule has 3 heteroatoms. The van der Waals surface area contributed by atoms with Crippen molar-refractivity contribution in [2.24, 2.45) is 0 Å². The third-order valence-electron chi connectivity index (χ3n) is 3.61. The standard InChI is InChI=1S/C15H18N2O/c1-2-16-15-13-10-6-9-12(14(13)17-18-15)11-7-4-3-5-8-11/h3-5,7-8,12,16H,2,6,9-10H2,1H3. The van der Waals surface area contributed by atoms with Crippen LogP contribution in [0, 0.1) is 0 Å². The van der Waals surface area contributed by atoms with E-state index in [2.05, 4.69) is 47.7 Å². The summed E-state index contributed by atoms with van der Waals surface area (Å²) in [5.74, 6) is 1.26. The van der Waals surface area contributed by atoms with E-state index in [4.69, 9.17) is 4.52 Å². The molecule has 1 aliphatic rings. The molecular weight excluding hydrogens is 224 g/mol. The zero-order valence-electron chi connectivity index (χ0n) is 10.6. The molecule has 1 unspecified atom stereocenters. The molecule has 0 spiro atoms. The molecule has 3 nitrogen and oxygen atoms in total. The minimum Gasteiger partial charge on any atom is -0.354 e. The van der Waals surface area contributed by atoms with Crippen LogP contribution in [0.4, 0.5) is 5.88 Å². The molecule has 0 radical (unpaired) electrons. The Morgan fingerprint density at radius 3 is 2.94 bits per heavy atom. The first-order valence-corrected chi connectivity index (χ1v) is 6.67. The molecule has 94 valence electrons. The molecule has 1 atom stereocenters. The molecule has 0 bridgehead atoms. The predicted molar refractivity (Wildman–Crippen MR) is 71.9 cm³/mol. The summed E-state index contributed by atoms with van der Waals surface area (Å²) in [7, 11) is 0. The third-order valence-corrected chi connectivity index (χ3v) is 3.61. The van der Waals surface area contributed by atoms with E-state index >= 15 is 0 Å². The topological polar surface area (TPSA) is 38.1 Å². The maximum Gasteiger partial charge on any atom is 0.228 e. The lowest BCUT2D eigenvalue weighted by Crippen LogP contribution is -2.11. The summed E-state index contributed by atoms with van der Waals surface area (Å²) in [5, 5.41) is 7.55. The fraction of sp³-hybridized carbons (Fsp3) is 0.400. The van der Waals surface area contributed by atoms with Gasteiger partial charge in [-0.15, -0.1) is 0 Å². The van der Waals surface area contributed by atoms with Gasteiger partial charge in [0.2, 0.25) is 5.88 Å². The number of aromatic nitrogens is 1. The van der Waals surface area contributed by atoms with Crippen molar-refractivity contribution in [1.29, 1.82) is 0 Å². The maximum atomic E-state index is 5.45. The van der Waals surface area contributed by atoms with Crippen LogP contribution >= 0.6 is 0 Å². The third kappa shape index (κ3) is 1.90. The second-order valence-corrected chi connectivity index (χ2v) is 4.76. The molecule has 1 aromatic carbocycles. The van der Waals surface area contributed by atoms with Gasteiger partial charge in [0.15, 0.2) is 0 Å². The van der Waals surface area contributed by atoms with E-state index < -0.39 is 0 Å². The lowest BCUT2D eigenvalue weighted by molar-refractivity contribution is 0.418. The zero-order chi connectivity index (χ0) is 12.4. The van der Waals surface area contributed by atoms with Crippen molar-refractivity contribution in [2.45, 2.75) is 32.1 Å². The Balaban J connectivity index is 1.98. The first-order chi connectivity index (χ1) is 8.90. The van der Waals surface area contributed by atoms with Gasteiger partial charge in [0.25, 0.3) is 0 Å². The Morgan fingerprint density at radius 1 is 1.33 bits per heavy atom. The molecule has 0 aliphatic heterocycles. The molecule has 0 amide bonds. The van der Waals surface area contributed by atoms with Gasteiger partial charge >= 0.3 is 0 Å². The second-order valence-electron chi connectivity index (χ2n) is 4.76. The predicted octanol–water partition coefficient (Wildman–Crippen LogP) is 3.57. The van der Waals surface area contributed by atoms with Gasteiger partial charge < -0.3 is 9.84 Å². The van der Waals surface area contributed by atoms with Crippen molar-refractivity contribution in [1.82, 2.24) is 5.16 Å². The van der Waals surface area contributed by atoms with Gasteiger partial charge in [-0.05, 0) is 31.7 Å². The molecular formula is C15H18N2O. The van der Waals surface area contributed by atoms with Crippen molar-refractivity contribution < 1.29 is 4.52 Å². The van der Waals surface area contributed by atoms with Crippen LogP contribution in [0.3, 0.4) is 0 Å². The van der Waals surface area contributed by atoms with Crippen molar-refractivity contribution in [3.63, 3.8) is 0 Å². The molecule has 0 saturated heterocycles. The minimum absolute atomic E-state index is 0.395. The van der Waals surface area contributed by atoms with Gasteiger partial charge in [-0.2, -0.15) is 0 Å². The number of hydrogen-bond acceptors (Lipinski definition) is 3. The molecule has 1 heterocycles. The SMILES string of the molecule is CCNc1onc2c1CCCC2c1ccccc1. The maximum absolute atomic E-state index is 5.45. The quantitative estimate of drug-likeness (QED) is 0.894. The first kappa shape index (κ1) is 11.3. The molecule has 0 saturated carbocycles. The van der Waals surface area contributed by atoms with E-state index in [0.717, 1.165) is 31.0 Å². The summed E-state index contributed by atoms with van der Waals surface area (Å²) in [6.07, 6.45) is 3.44. The van der Waals surface area contributed by atoms with Gasteiger partial charge in [-0.1, -0.05) is 35.5 Å². The van der Waals surface area contributed by atoms with E-state index in [0.29, 0.717) is 5.92 Å². The van der Waals surface area contributed by atoms with E-state index in [1.165, 1.54) is 17.5 Å². The molecule has 1 aromatic heterocycles. The van der Waals surface area contributed by atoms with Crippen LogP contribution in [0.25, 0.3) is 0 Å². The highest BCUT2D eigenvalue weighted by molar-refractivity contribution is 5.48. The van der Waals surface area contributed by atoms with E-state index in [1.807, 2.05) is 0 Å². The highest BCUT2D eigenvalue weighted by Gasteiger charge is 2.28. The first-order valence-electron chi connectivity index (χ1n) is 6.67. The molecule has 3 rings (SSSR count). The molecule has 2 aromatic rings. The lowest BCUT2D eigenvalue weighted by Gasteiger charge is -2.21. The van der Waals surface area contributed by atoms with Gasteiger partial charge in [-0.25, -0.2) is 0 Å². The van der Waals surface area contributed by atoms with E-state index in [9.17, 15) is 0 Å². The smallest absolute Gasteiger partial charge is 0.228 e. The summed E-state index contributed by atoms with van der Waals surface area (Å²) >= 11 is 0. The number of nitrogens with one attached hydrogen (secondary N) is 1. The van der Waals surface area contributed by atoms with Crippen LogP contribution in [-0.4, -0.2) is 11.7 Å². The van der Waals surface area contributed by atoms with Gasteiger partial charge in [0.1, 0.15) is 0 Å². The molecule has 0 fully saturated rings. The number of benzene rings is 1. The van der Waals surface area contributed by atoms with Gasteiger partial charge in [0.05, 0.1) is 5.69 Å². The number of rotatable bonds is 3. The zero-order valence-corrected chi connectivity index (χ0v) is 10.6. The highest BCUT2D eigenvalue weighted by Crippen LogP contribution is 2.38. The fourth-order valence-corrected chi connectivity index (χ4v) is 2.77. The number of nitrogens with zero attached hydrogens (tertiary/aromatic N) is 1. The van der Waals surface area contributed by atoms with Crippen molar-refractivity contribution in [3.05, 3.63) is 47.2 Å². The van der Waals surface area contributed by atoms with Crippen molar-refractivity contribution in [3.8, 4) is 0 Å². The average Bonchev–Trinajstić information content (AvgIpc) is 2.84. The molecule has 1 aliphatic carbocycles. The van der Waals surface area contributed by atoms with Crippen molar-refractivity contribution in [2.75, 3.05) is 11.9 Å². The van der Waals surface area contributed by atoms with Crippen LogP contribution < -0.4 is 5.32 Å². The summed E-state index contributed by atoms with van der Waals surface area (Å²) in [5.41, 5.74) is 3.75. The minimum atomic E-state index is 0.395. The monoisotopic (exact) mass is 242 g/mol. The Morgan fingerprint density at radius 2 is 2.17 bits per heavy atom. The number of fused-ring (bicyclic) bond motifs is 1. The fourth-order valence-electron chi connectivity index (χ4n) is 2.77. The van der Waals surface area contributed by atoms with Crippen LogP contribution in [0.1, 0.15) is 42.5 Å². The van der Waals surface area contributed by atoms with Crippen LogP contribution in [0.2, 0.25) is 0 Å². The van der Waals surface area contributed by atoms with Crippen LogP contribution in [-0.2, 0) is 6.42 Å². The van der Waals surface area contributed by atoms with Gasteiger partial charge in [-0.3, -0.25) is 0 Å². The summed E-state index contributed by atoms with van der Waals surface area (Å²) in [6.45, 7) is 2.95. The van der Waals surface area contributed by atoms with Crippen LogP contribution in [0.15, 0.2) is 34.9 Å².